The van der Waals surface area contributed by atoms with E-state index in [0.717, 1.165) is 27.2 Å². The number of aromatic nitrogens is 2. The number of halogens is 1. The minimum absolute atomic E-state index is 0.166. The topological polar surface area (TPSA) is 99.5 Å². The lowest BCUT2D eigenvalue weighted by molar-refractivity contribution is -0.119. The molecule has 0 aromatic carbocycles. The second-order valence-electron chi connectivity index (χ2n) is 6.48. The van der Waals surface area contributed by atoms with Crippen LogP contribution in [0.2, 0.25) is 0 Å². The van der Waals surface area contributed by atoms with Crippen LogP contribution in [0.3, 0.4) is 0 Å². The van der Waals surface area contributed by atoms with Gasteiger partial charge in [-0.05, 0) is 55.6 Å². The fourth-order valence-corrected chi connectivity index (χ4v) is 4.13. The van der Waals surface area contributed by atoms with Gasteiger partial charge >= 0.3 is 11.9 Å². The van der Waals surface area contributed by atoms with Crippen molar-refractivity contribution in [3.8, 4) is 0 Å². The number of hydrogen-bond donors (Lipinski definition) is 1. The molecule has 8 nitrogen and oxygen atoms in total. The highest BCUT2D eigenvalue weighted by atomic mass is 79.9. The molecule has 2 heterocycles. The number of carbonyl (C=O) groups is 3. The largest absolute Gasteiger partial charge is 0.465 e. The Labute approximate surface area is 181 Å². The Morgan fingerprint density at radius 1 is 1.24 bits per heavy atom. The van der Waals surface area contributed by atoms with E-state index in [2.05, 4.69) is 26.3 Å². The van der Waals surface area contributed by atoms with Crippen molar-refractivity contribution in [1.82, 2.24) is 9.78 Å². The summed E-state index contributed by atoms with van der Waals surface area (Å²) in [5, 5.41) is 7.39. The molecule has 0 saturated carbocycles. The summed E-state index contributed by atoms with van der Waals surface area (Å²) in [6, 6.07) is -0.636. The highest BCUT2D eigenvalue weighted by Crippen LogP contribution is 2.35. The molecule has 0 fully saturated rings. The monoisotopic (exact) mass is 485 g/mol. The van der Waals surface area contributed by atoms with E-state index in [4.69, 9.17) is 9.47 Å². The first-order valence-electron chi connectivity index (χ1n) is 9.04. The Bertz CT molecular complexity index is 950. The second kappa shape index (κ2) is 9.53. The van der Waals surface area contributed by atoms with Crippen LogP contribution in [0, 0.1) is 20.8 Å². The Kier molecular flexibility index (Phi) is 7.59. The van der Waals surface area contributed by atoms with Gasteiger partial charge in [-0.15, -0.1) is 11.3 Å². The number of thiophene rings is 1. The van der Waals surface area contributed by atoms with E-state index in [9.17, 15) is 14.4 Å². The van der Waals surface area contributed by atoms with Crippen LogP contribution >= 0.6 is 27.3 Å². The lowest BCUT2D eigenvalue weighted by atomic mass is 10.1. The Morgan fingerprint density at radius 2 is 1.90 bits per heavy atom. The highest BCUT2D eigenvalue weighted by molar-refractivity contribution is 9.10. The Balaban J connectivity index is 2.39. The first kappa shape index (κ1) is 23.1. The number of nitrogens with zero attached hydrogens (tertiary/aromatic N) is 2. The van der Waals surface area contributed by atoms with Crippen LogP contribution in [-0.2, 0) is 14.3 Å². The van der Waals surface area contributed by atoms with E-state index in [-0.39, 0.29) is 28.0 Å². The van der Waals surface area contributed by atoms with Crippen molar-refractivity contribution in [3.63, 3.8) is 0 Å². The maximum Gasteiger partial charge on any atom is 0.348 e. The first-order chi connectivity index (χ1) is 13.6. The average molecular weight is 486 g/mol. The van der Waals surface area contributed by atoms with Gasteiger partial charge in [-0.25, -0.2) is 9.59 Å². The van der Waals surface area contributed by atoms with Gasteiger partial charge in [0.2, 0.25) is 5.91 Å². The van der Waals surface area contributed by atoms with Crippen molar-refractivity contribution in [2.45, 2.75) is 47.1 Å². The van der Waals surface area contributed by atoms with Gasteiger partial charge in [-0.3, -0.25) is 9.48 Å². The molecule has 0 radical (unpaired) electrons. The summed E-state index contributed by atoms with van der Waals surface area (Å²) in [7, 11) is 1.26. The van der Waals surface area contributed by atoms with Crippen LogP contribution in [0.15, 0.2) is 4.47 Å². The third kappa shape index (κ3) is 4.69. The number of anilines is 1. The van der Waals surface area contributed by atoms with Crippen LogP contribution in [-0.4, -0.2) is 41.3 Å². The van der Waals surface area contributed by atoms with Crippen LogP contribution in [0.4, 0.5) is 5.00 Å². The third-order valence-electron chi connectivity index (χ3n) is 4.38. The van der Waals surface area contributed by atoms with Crippen molar-refractivity contribution in [3.05, 3.63) is 31.9 Å². The summed E-state index contributed by atoms with van der Waals surface area (Å²) in [5.74, 6) is -1.54. The quantitative estimate of drug-likeness (QED) is 0.590. The standard InChI is InChI=1S/C19H24BrN3O5S/c1-7-8-28-18(25)13-9(2)15(19(26)27-6)29-17(13)21-16(24)12(5)23-11(4)14(20)10(3)22-23/h12H,7-8H2,1-6H3,(H,21,24). The maximum absolute atomic E-state index is 12.9. The maximum atomic E-state index is 12.9. The first-order valence-corrected chi connectivity index (χ1v) is 10.7. The Hall–Kier alpha value is -2.20. The zero-order valence-electron chi connectivity index (χ0n) is 17.2. The number of esters is 2. The molecule has 2 aromatic heterocycles. The molecule has 2 rings (SSSR count). The predicted molar refractivity (Wildman–Crippen MR) is 114 cm³/mol. The molecule has 1 atom stereocenters. The molecule has 158 valence electrons. The van der Waals surface area contributed by atoms with Gasteiger partial charge in [0.25, 0.3) is 0 Å². The number of nitrogens with one attached hydrogen (secondary N) is 1. The summed E-state index contributed by atoms with van der Waals surface area (Å²) in [5.41, 5.74) is 2.16. The Morgan fingerprint density at radius 3 is 2.41 bits per heavy atom. The smallest absolute Gasteiger partial charge is 0.348 e. The van der Waals surface area contributed by atoms with Crippen LogP contribution < -0.4 is 5.32 Å². The van der Waals surface area contributed by atoms with E-state index in [1.165, 1.54) is 7.11 Å². The predicted octanol–water partition coefficient (Wildman–Crippen LogP) is 4.19. The van der Waals surface area contributed by atoms with Crippen LogP contribution in [0.25, 0.3) is 0 Å². The lowest BCUT2D eigenvalue weighted by Crippen LogP contribution is -2.25. The van der Waals surface area contributed by atoms with Gasteiger partial charge in [0, 0.05) is 0 Å². The number of amides is 1. The summed E-state index contributed by atoms with van der Waals surface area (Å²) in [6.45, 7) is 9.15. The summed E-state index contributed by atoms with van der Waals surface area (Å²) < 4.78 is 12.5. The molecule has 0 aliphatic carbocycles. The minimum atomic E-state index is -0.636. The van der Waals surface area contributed by atoms with E-state index in [1.807, 2.05) is 20.8 Å². The number of rotatable bonds is 7. The van der Waals surface area contributed by atoms with E-state index in [1.54, 1.807) is 18.5 Å². The fourth-order valence-electron chi connectivity index (χ4n) is 2.75. The highest BCUT2D eigenvalue weighted by Gasteiger charge is 2.29. The molecular weight excluding hydrogens is 462 g/mol. The molecule has 0 saturated heterocycles. The molecule has 0 spiro atoms. The number of ether oxygens (including phenoxy) is 2. The second-order valence-corrected chi connectivity index (χ2v) is 8.30. The molecule has 1 unspecified atom stereocenters. The van der Waals surface area contributed by atoms with E-state index >= 15 is 0 Å². The fraction of sp³-hybridized carbons (Fsp3) is 0.474. The number of hydrogen-bond acceptors (Lipinski definition) is 7. The molecule has 29 heavy (non-hydrogen) atoms. The van der Waals surface area contributed by atoms with Crippen molar-refractivity contribution in [2.24, 2.45) is 0 Å². The van der Waals surface area contributed by atoms with Crippen molar-refractivity contribution in [2.75, 3.05) is 19.0 Å². The molecule has 10 heteroatoms. The van der Waals surface area contributed by atoms with Crippen LogP contribution in [0.5, 0.6) is 0 Å². The number of carbonyl (C=O) groups excluding carboxylic acids is 3. The van der Waals surface area contributed by atoms with Gasteiger partial charge in [0.05, 0.1) is 35.1 Å². The van der Waals surface area contributed by atoms with Crippen LogP contribution in [0.1, 0.15) is 63.3 Å². The SMILES string of the molecule is CCCOC(=O)c1c(NC(=O)C(C)n2nc(C)c(Br)c2C)sc(C(=O)OC)c1C. The number of aryl methyl sites for hydroxylation is 1. The summed E-state index contributed by atoms with van der Waals surface area (Å²) in [4.78, 5) is 37.7. The van der Waals surface area contributed by atoms with Gasteiger partial charge in [-0.2, -0.15) is 5.10 Å². The molecule has 0 aliphatic heterocycles. The summed E-state index contributed by atoms with van der Waals surface area (Å²) >= 11 is 4.44. The molecule has 0 aliphatic rings. The van der Waals surface area contributed by atoms with Crippen molar-refractivity contribution < 1.29 is 23.9 Å². The van der Waals surface area contributed by atoms with Gasteiger partial charge in [0.15, 0.2) is 0 Å². The molecule has 0 bridgehead atoms. The summed E-state index contributed by atoms with van der Waals surface area (Å²) in [6.07, 6.45) is 0.657. The molecular formula is C19H24BrN3O5S. The van der Waals surface area contributed by atoms with Crippen molar-refractivity contribution >= 4 is 50.1 Å². The number of methoxy groups -OCH3 is 1. The van der Waals surface area contributed by atoms with Gasteiger partial charge in [-0.1, -0.05) is 6.92 Å². The zero-order chi connectivity index (χ0) is 21.9. The van der Waals surface area contributed by atoms with E-state index < -0.39 is 18.0 Å². The zero-order valence-corrected chi connectivity index (χ0v) is 19.6. The molecule has 1 amide bonds. The third-order valence-corrected chi connectivity index (χ3v) is 6.71. The lowest BCUT2D eigenvalue weighted by Gasteiger charge is -2.14. The average Bonchev–Trinajstić information content (AvgIpc) is 3.15. The van der Waals surface area contributed by atoms with Crippen molar-refractivity contribution in [1.29, 1.82) is 0 Å². The normalized spacial score (nSPS) is 11.8. The van der Waals surface area contributed by atoms with Gasteiger partial charge < -0.3 is 14.8 Å². The van der Waals surface area contributed by atoms with Gasteiger partial charge in [0.1, 0.15) is 15.9 Å². The minimum Gasteiger partial charge on any atom is -0.465 e. The molecule has 1 N–H and O–H groups in total. The van der Waals surface area contributed by atoms with E-state index in [0.29, 0.717) is 12.0 Å². The molecule has 2 aromatic rings.